The van der Waals surface area contributed by atoms with E-state index in [9.17, 15) is 5.11 Å². The molecule has 0 spiro atoms. The lowest BCUT2D eigenvalue weighted by Gasteiger charge is -2.41. The lowest BCUT2D eigenvalue weighted by molar-refractivity contribution is 0.0650. The van der Waals surface area contributed by atoms with Gasteiger partial charge in [-0.25, -0.2) is 0 Å². The normalized spacial score (nSPS) is 63.5. The van der Waals surface area contributed by atoms with Crippen LogP contribution >= 0.6 is 0 Å². The molecule has 13 heavy (non-hydrogen) atoms. The highest BCUT2D eigenvalue weighted by molar-refractivity contribution is 5.27. The molecule has 2 N–H and O–H groups in total. The van der Waals surface area contributed by atoms with Gasteiger partial charge in [-0.05, 0) is 36.0 Å². The van der Waals surface area contributed by atoms with Crippen molar-refractivity contribution >= 4 is 0 Å². The summed E-state index contributed by atoms with van der Waals surface area (Å²) < 4.78 is 0. The first-order valence-electron chi connectivity index (χ1n) is 5.44. The molecule has 2 aliphatic carbocycles. The Hall–Kier alpha value is -0.0800. The summed E-state index contributed by atoms with van der Waals surface area (Å²) in [4.78, 5) is 0. The van der Waals surface area contributed by atoms with E-state index >= 15 is 0 Å². The Bertz CT molecular complexity index is 267. The molecule has 1 saturated heterocycles. The smallest absolute Gasteiger partial charge is 0.0619 e. The van der Waals surface area contributed by atoms with Crippen molar-refractivity contribution < 1.29 is 5.11 Å². The molecule has 0 radical (unpaired) electrons. The average molecular weight is 181 g/mol. The van der Waals surface area contributed by atoms with E-state index in [0.717, 1.165) is 12.5 Å². The van der Waals surface area contributed by atoms with Gasteiger partial charge in [0.25, 0.3) is 0 Å². The number of rotatable bonds is 1. The van der Waals surface area contributed by atoms with Gasteiger partial charge < -0.3 is 10.4 Å². The van der Waals surface area contributed by atoms with Gasteiger partial charge in [0.15, 0.2) is 0 Å². The van der Waals surface area contributed by atoms with Crippen LogP contribution in [0.2, 0.25) is 0 Å². The number of nitrogens with one attached hydrogen (secondary N) is 1. The largest absolute Gasteiger partial charge is 0.394 e. The van der Waals surface area contributed by atoms with Crippen molar-refractivity contribution in [3.05, 3.63) is 0 Å². The van der Waals surface area contributed by atoms with Crippen LogP contribution in [0.3, 0.4) is 0 Å². The zero-order valence-corrected chi connectivity index (χ0v) is 8.56. The van der Waals surface area contributed by atoms with Crippen LogP contribution in [0.15, 0.2) is 0 Å². The summed E-state index contributed by atoms with van der Waals surface area (Å²) in [5, 5.41) is 13.2. The van der Waals surface area contributed by atoms with Gasteiger partial charge in [-0.1, -0.05) is 13.8 Å². The third kappa shape index (κ3) is 0.581. The van der Waals surface area contributed by atoms with Crippen LogP contribution in [0.5, 0.6) is 0 Å². The number of piperidine rings is 1. The fourth-order valence-corrected chi connectivity index (χ4v) is 4.53. The fourth-order valence-electron chi connectivity index (χ4n) is 4.53. The van der Waals surface area contributed by atoms with E-state index in [-0.39, 0.29) is 5.54 Å². The summed E-state index contributed by atoms with van der Waals surface area (Å²) in [6, 6.07) is 0. The van der Waals surface area contributed by atoms with E-state index in [2.05, 4.69) is 19.2 Å². The van der Waals surface area contributed by atoms with Gasteiger partial charge in [-0.15, -0.1) is 0 Å². The molecular weight excluding hydrogens is 162 g/mol. The van der Waals surface area contributed by atoms with Gasteiger partial charge >= 0.3 is 0 Å². The van der Waals surface area contributed by atoms with Gasteiger partial charge in [0.2, 0.25) is 0 Å². The maximum Gasteiger partial charge on any atom is 0.0619 e. The van der Waals surface area contributed by atoms with Crippen molar-refractivity contribution in [3.8, 4) is 0 Å². The molecule has 0 unspecified atom stereocenters. The predicted molar refractivity (Wildman–Crippen MR) is 51.4 cm³/mol. The van der Waals surface area contributed by atoms with Crippen LogP contribution in [0.4, 0.5) is 0 Å². The molecule has 2 heteroatoms. The molecule has 0 aromatic carbocycles. The maximum absolute atomic E-state index is 9.58. The van der Waals surface area contributed by atoms with Crippen molar-refractivity contribution in [1.82, 2.24) is 5.32 Å². The maximum atomic E-state index is 9.58. The third-order valence-electron chi connectivity index (χ3n) is 5.87. The summed E-state index contributed by atoms with van der Waals surface area (Å²) >= 11 is 0. The van der Waals surface area contributed by atoms with Crippen LogP contribution in [0.1, 0.15) is 33.1 Å². The van der Waals surface area contributed by atoms with E-state index in [1.54, 1.807) is 0 Å². The van der Waals surface area contributed by atoms with E-state index in [0.29, 0.717) is 17.4 Å². The zero-order chi connectivity index (χ0) is 9.32. The first kappa shape index (κ1) is 8.25. The highest BCUT2D eigenvalue weighted by Crippen LogP contribution is 2.72. The molecular formula is C11H19NO. The molecule has 3 aliphatic rings. The quantitative estimate of drug-likeness (QED) is 0.636. The number of hydrogen-bond acceptors (Lipinski definition) is 2. The highest BCUT2D eigenvalue weighted by Gasteiger charge is 2.74. The molecule has 3 rings (SSSR count). The summed E-state index contributed by atoms with van der Waals surface area (Å²) in [6.07, 6.45) is 3.90. The number of hydrogen-bond donors (Lipinski definition) is 2. The van der Waals surface area contributed by atoms with Crippen LogP contribution in [-0.4, -0.2) is 23.8 Å². The Morgan fingerprint density at radius 2 is 2.23 bits per heavy atom. The van der Waals surface area contributed by atoms with Crippen molar-refractivity contribution in [2.75, 3.05) is 13.2 Å². The molecule has 4 atom stereocenters. The number of aliphatic hydroxyl groups excluding tert-OH is 1. The topological polar surface area (TPSA) is 32.3 Å². The summed E-state index contributed by atoms with van der Waals surface area (Å²) in [5.41, 5.74) is 0.903. The van der Waals surface area contributed by atoms with Crippen molar-refractivity contribution in [2.24, 2.45) is 16.7 Å². The lowest BCUT2D eigenvalue weighted by atomic mass is 9.66. The van der Waals surface area contributed by atoms with Gasteiger partial charge in [0.1, 0.15) is 0 Å². The summed E-state index contributed by atoms with van der Waals surface area (Å²) in [5.74, 6) is 0.867. The van der Waals surface area contributed by atoms with Crippen molar-refractivity contribution in [3.63, 3.8) is 0 Å². The van der Waals surface area contributed by atoms with E-state index in [1.165, 1.54) is 19.3 Å². The van der Waals surface area contributed by atoms with Crippen molar-refractivity contribution in [2.45, 2.75) is 38.6 Å². The van der Waals surface area contributed by atoms with Gasteiger partial charge in [0.05, 0.1) is 6.61 Å². The first-order valence-corrected chi connectivity index (χ1v) is 5.44. The van der Waals surface area contributed by atoms with E-state index in [4.69, 9.17) is 0 Å². The molecule has 74 valence electrons. The fraction of sp³-hybridized carbons (Fsp3) is 1.00. The average Bonchev–Trinajstić information content (AvgIpc) is 2.58. The van der Waals surface area contributed by atoms with Crippen LogP contribution < -0.4 is 5.32 Å². The standard InChI is InChI=1S/C11H19NO/c1-9-6-12-11(7-13)5-8(9)3-4-10(9,11)2/h8,12-13H,3-7H2,1-2H3/t8-,9-,10-,11-/m0/s1. The molecule has 0 amide bonds. The second-order valence-electron chi connectivity index (χ2n) is 5.78. The Morgan fingerprint density at radius 3 is 2.69 bits per heavy atom. The predicted octanol–water partition coefficient (Wildman–Crippen LogP) is 1.15. The summed E-state index contributed by atoms with van der Waals surface area (Å²) in [6.45, 7) is 6.25. The van der Waals surface area contributed by atoms with E-state index in [1.807, 2.05) is 0 Å². The molecule has 0 aromatic heterocycles. The van der Waals surface area contributed by atoms with Gasteiger partial charge in [-0.2, -0.15) is 0 Å². The van der Waals surface area contributed by atoms with Crippen LogP contribution in [-0.2, 0) is 0 Å². The van der Waals surface area contributed by atoms with Crippen molar-refractivity contribution in [1.29, 1.82) is 0 Å². The van der Waals surface area contributed by atoms with Crippen LogP contribution in [0.25, 0.3) is 0 Å². The monoisotopic (exact) mass is 181 g/mol. The Balaban J connectivity index is 2.14. The lowest BCUT2D eigenvalue weighted by Crippen LogP contribution is -2.53. The highest BCUT2D eigenvalue weighted by atomic mass is 16.3. The second-order valence-corrected chi connectivity index (χ2v) is 5.78. The Morgan fingerprint density at radius 1 is 1.46 bits per heavy atom. The molecule has 4 bridgehead atoms. The molecule has 2 saturated carbocycles. The molecule has 1 aliphatic heterocycles. The minimum Gasteiger partial charge on any atom is -0.394 e. The van der Waals surface area contributed by atoms with Gasteiger partial charge in [0, 0.05) is 12.1 Å². The second kappa shape index (κ2) is 1.96. The zero-order valence-electron chi connectivity index (χ0n) is 8.56. The molecule has 1 heterocycles. The molecule has 2 nitrogen and oxygen atoms in total. The molecule has 3 fully saturated rings. The van der Waals surface area contributed by atoms with E-state index < -0.39 is 0 Å². The third-order valence-corrected chi connectivity index (χ3v) is 5.87. The Labute approximate surface area is 79.7 Å². The number of aliphatic hydroxyl groups is 1. The Kier molecular flexibility index (Phi) is 1.24. The summed E-state index contributed by atoms with van der Waals surface area (Å²) in [7, 11) is 0. The first-order chi connectivity index (χ1) is 6.08. The van der Waals surface area contributed by atoms with Gasteiger partial charge in [-0.3, -0.25) is 0 Å². The van der Waals surface area contributed by atoms with Crippen LogP contribution in [0, 0.1) is 16.7 Å². The SMILES string of the molecule is C[C@@]12CC[C@H]3C[C@@]1(CO)NC[C@@]32C. The minimum absolute atomic E-state index is 0.0741. The minimum atomic E-state index is 0.0741. The molecule has 0 aromatic rings.